The highest BCUT2D eigenvalue weighted by Crippen LogP contribution is 2.29. The maximum Gasteiger partial charge on any atom is 0.155 e. The van der Waals surface area contributed by atoms with Gasteiger partial charge >= 0.3 is 0 Å². The van der Waals surface area contributed by atoms with Gasteiger partial charge in [-0.1, -0.05) is 6.08 Å². The molecule has 1 aliphatic rings. The van der Waals surface area contributed by atoms with Crippen LogP contribution in [-0.4, -0.2) is 11.6 Å². The molecule has 0 spiro atoms. The molecule has 1 rings (SSSR count). The minimum absolute atomic E-state index is 0.0806. The molecule has 0 amide bonds. The van der Waals surface area contributed by atoms with Crippen LogP contribution in [0.25, 0.3) is 0 Å². The summed E-state index contributed by atoms with van der Waals surface area (Å²) in [4.78, 5) is 21.6. The van der Waals surface area contributed by atoms with E-state index >= 15 is 0 Å². The van der Waals surface area contributed by atoms with Gasteiger partial charge in [-0.2, -0.15) is 0 Å². The van der Waals surface area contributed by atoms with Crippen molar-refractivity contribution in [2.45, 2.75) is 32.6 Å². The highest BCUT2D eigenvalue weighted by Gasteiger charge is 2.17. The first kappa shape index (κ1) is 9.17. The van der Waals surface area contributed by atoms with Gasteiger partial charge in [-0.05, 0) is 31.8 Å². The fourth-order valence-corrected chi connectivity index (χ4v) is 0.915. The number of allylic oxidation sites excluding steroid dienone is 2. The predicted octanol–water partition coefficient (Wildman–Crippen LogP) is 1.89. The minimum atomic E-state index is 0.0806. The van der Waals surface area contributed by atoms with Crippen LogP contribution in [0.2, 0.25) is 0 Å². The highest BCUT2D eigenvalue weighted by molar-refractivity contribution is 5.92. The van der Waals surface area contributed by atoms with Crippen LogP contribution in [0.3, 0.4) is 0 Å². The van der Waals surface area contributed by atoms with Gasteiger partial charge in [0.05, 0.1) is 0 Å². The Balaban J connectivity index is 2.14. The summed E-state index contributed by atoms with van der Waals surface area (Å²) in [5.41, 5.74) is 0. The molecule has 0 aromatic heterocycles. The average molecular weight is 166 g/mol. The summed E-state index contributed by atoms with van der Waals surface area (Å²) in [6, 6.07) is 0. The summed E-state index contributed by atoms with van der Waals surface area (Å²) in [7, 11) is 0. The van der Waals surface area contributed by atoms with Crippen LogP contribution in [0.5, 0.6) is 0 Å². The summed E-state index contributed by atoms with van der Waals surface area (Å²) in [5, 5.41) is 0. The fourth-order valence-electron chi connectivity index (χ4n) is 0.915. The molecule has 0 unspecified atom stereocenters. The second kappa shape index (κ2) is 4.19. The first-order valence-corrected chi connectivity index (χ1v) is 4.39. The molecule has 12 heavy (non-hydrogen) atoms. The predicted molar refractivity (Wildman–Crippen MR) is 46.8 cm³/mol. The molecular weight excluding hydrogens is 152 g/mol. The Morgan fingerprint density at radius 2 is 2.00 bits per heavy atom. The molecule has 0 radical (unpaired) electrons. The van der Waals surface area contributed by atoms with Gasteiger partial charge in [0.2, 0.25) is 0 Å². The molecule has 1 saturated carbocycles. The van der Waals surface area contributed by atoms with Crippen LogP contribution in [0, 0.1) is 5.92 Å². The van der Waals surface area contributed by atoms with E-state index in [0.29, 0.717) is 18.8 Å². The number of carbonyl (C=O) groups is 2. The smallest absolute Gasteiger partial charge is 0.155 e. The summed E-state index contributed by atoms with van der Waals surface area (Å²) in [5.74, 6) is 0.812. The van der Waals surface area contributed by atoms with E-state index < -0.39 is 0 Å². The Morgan fingerprint density at radius 1 is 1.33 bits per heavy atom. The van der Waals surface area contributed by atoms with Crippen LogP contribution in [-0.2, 0) is 9.59 Å². The van der Waals surface area contributed by atoms with E-state index in [0.717, 1.165) is 0 Å². The fraction of sp³-hybridized carbons (Fsp3) is 0.600. The lowest BCUT2D eigenvalue weighted by Crippen LogP contribution is -1.97. The molecule has 2 nitrogen and oxygen atoms in total. The van der Waals surface area contributed by atoms with Gasteiger partial charge in [-0.25, -0.2) is 0 Å². The molecule has 0 atom stereocenters. The quantitative estimate of drug-likeness (QED) is 0.584. The lowest BCUT2D eigenvalue weighted by atomic mass is 10.1. The first-order chi connectivity index (χ1) is 5.68. The summed E-state index contributed by atoms with van der Waals surface area (Å²) in [6.07, 6.45) is 6.78. The van der Waals surface area contributed by atoms with E-state index in [4.69, 9.17) is 0 Å². The number of rotatable bonds is 5. The van der Waals surface area contributed by atoms with Crippen molar-refractivity contribution in [3.63, 3.8) is 0 Å². The molecule has 0 heterocycles. The maximum absolute atomic E-state index is 11.0. The van der Waals surface area contributed by atoms with Crippen molar-refractivity contribution in [2.75, 3.05) is 0 Å². The Bertz CT molecular complexity index is 212. The van der Waals surface area contributed by atoms with Crippen molar-refractivity contribution in [1.29, 1.82) is 0 Å². The van der Waals surface area contributed by atoms with E-state index in [9.17, 15) is 9.59 Å². The van der Waals surface area contributed by atoms with Crippen molar-refractivity contribution in [1.82, 2.24) is 0 Å². The number of ketones is 2. The zero-order chi connectivity index (χ0) is 8.97. The second-order valence-electron chi connectivity index (χ2n) is 3.36. The highest BCUT2D eigenvalue weighted by atomic mass is 16.1. The molecular formula is C10H14O2. The van der Waals surface area contributed by atoms with Crippen LogP contribution < -0.4 is 0 Å². The number of hydrogen-bond donors (Lipinski definition) is 0. The molecule has 0 aromatic rings. The molecule has 0 saturated heterocycles. The third-order valence-electron chi connectivity index (χ3n) is 1.90. The molecule has 0 aliphatic heterocycles. The minimum Gasteiger partial charge on any atom is -0.300 e. The van der Waals surface area contributed by atoms with Crippen LogP contribution in [0.4, 0.5) is 0 Å². The first-order valence-electron chi connectivity index (χ1n) is 4.39. The zero-order valence-electron chi connectivity index (χ0n) is 7.38. The van der Waals surface area contributed by atoms with Crippen molar-refractivity contribution < 1.29 is 9.59 Å². The van der Waals surface area contributed by atoms with Crippen molar-refractivity contribution in [3.8, 4) is 0 Å². The standard InChI is InChI=1S/C10H14O2/c1-8(11)2-6-10(12)7-5-9-3-4-9/h5,7,9H,2-4,6H2,1H3/b7-5+. The van der Waals surface area contributed by atoms with Gasteiger partial charge in [0.1, 0.15) is 5.78 Å². The summed E-state index contributed by atoms with van der Waals surface area (Å²) >= 11 is 0. The van der Waals surface area contributed by atoms with Crippen LogP contribution >= 0.6 is 0 Å². The van der Waals surface area contributed by atoms with Gasteiger partial charge in [0.15, 0.2) is 5.78 Å². The van der Waals surface area contributed by atoms with Gasteiger partial charge in [-0.3, -0.25) is 4.79 Å². The number of carbonyl (C=O) groups excluding carboxylic acids is 2. The summed E-state index contributed by atoms with van der Waals surface area (Å²) < 4.78 is 0. The molecule has 1 aliphatic carbocycles. The van der Waals surface area contributed by atoms with E-state index in [1.54, 1.807) is 6.08 Å². The van der Waals surface area contributed by atoms with E-state index in [2.05, 4.69) is 0 Å². The lowest BCUT2D eigenvalue weighted by molar-refractivity contribution is -0.120. The summed E-state index contributed by atoms with van der Waals surface area (Å²) in [6.45, 7) is 1.51. The number of Topliss-reactive ketones (excluding diaryl/α,β-unsaturated/α-hetero) is 1. The Hall–Kier alpha value is -0.920. The van der Waals surface area contributed by atoms with Crippen LogP contribution in [0.15, 0.2) is 12.2 Å². The van der Waals surface area contributed by atoms with Gasteiger partial charge < -0.3 is 4.79 Å². The molecule has 2 heteroatoms. The lowest BCUT2D eigenvalue weighted by Gasteiger charge is -1.90. The average Bonchev–Trinajstić information content (AvgIpc) is 2.80. The van der Waals surface area contributed by atoms with Crippen molar-refractivity contribution in [3.05, 3.63) is 12.2 Å². The monoisotopic (exact) mass is 166 g/mol. The SMILES string of the molecule is CC(=O)CCC(=O)/C=C/C1CC1. The van der Waals surface area contributed by atoms with Crippen molar-refractivity contribution >= 4 is 11.6 Å². The third kappa shape index (κ3) is 4.06. The Kier molecular flexibility index (Phi) is 3.20. The molecule has 1 fully saturated rings. The zero-order valence-corrected chi connectivity index (χ0v) is 7.38. The third-order valence-corrected chi connectivity index (χ3v) is 1.90. The Morgan fingerprint density at radius 3 is 2.50 bits per heavy atom. The van der Waals surface area contributed by atoms with E-state index in [-0.39, 0.29) is 11.6 Å². The second-order valence-corrected chi connectivity index (χ2v) is 3.36. The maximum atomic E-state index is 11.0. The number of hydrogen-bond acceptors (Lipinski definition) is 2. The van der Waals surface area contributed by atoms with Gasteiger partial charge in [0.25, 0.3) is 0 Å². The van der Waals surface area contributed by atoms with Gasteiger partial charge in [0, 0.05) is 12.8 Å². The Labute approximate surface area is 72.7 Å². The van der Waals surface area contributed by atoms with E-state index in [1.807, 2.05) is 6.08 Å². The molecule has 66 valence electrons. The molecule has 0 bridgehead atoms. The topological polar surface area (TPSA) is 34.1 Å². The van der Waals surface area contributed by atoms with Crippen LogP contribution in [0.1, 0.15) is 32.6 Å². The van der Waals surface area contributed by atoms with Crippen molar-refractivity contribution in [2.24, 2.45) is 5.92 Å². The normalized spacial score (nSPS) is 16.8. The largest absolute Gasteiger partial charge is 0.300 e. The van der Waals surface area contributed by atoms with Gasteiger partial charge in [-0.15, -0.1) is 0 Å². The van der Waals surface area contributed by atoms with E-state index in [1.165, 1.54) is 19.8 Å². The molecule has 0 N–H and O–H groups in total. The molecule has 0 aromatic carbocycles.